The number of piperidine rings is 1. The number of anilines is 3. The third kappa shape index (κ3) is 3.88. The molecule has 1 spiro atoms. The molecule has 0 radical (unpaired) electrons. The van der Waals surface area contributed by atoms with Crippen molar-refractivity contribution in [1.29, 1.82) is 0 Å². The number of hydrogen-bond donors (Lipinski definition) is 2. The topological polar surface area (TPSA) is 53.1 Å². The second-order valence-corrected chi connectivity index (χ2v) is 8.68. The average molecular weight is 418 g/mol. The van der Waals surface area contributed by atoms with Crippen molar-refractivity contribution in [2.45, 2.75) is 26.2 Å². The minimum absolute atomic E-state index is 0.244. The molecular weight excluding hydrogens is 389 g/mol. The van der Waals surface area contributed by atoms with Gasteiger partial charge in [0.1, 0.15) is 17.8 Å². The lowest BCUT2D eigenvalue weighted by molar-refractivity contribution is 0.126. The zero-order chi connectivity index (χ0) is 21.3. The fourth-order valence-corrected chi connectivity index (χ4v) is 4.77. The summed E-state index contributed by atoms with van der Waals surface area (Å²) in [6, 6.07) is 13.1. The van der Waals surface area contributed by atoms with Crippen LogP contribution in [0.5, 0.6) is 0 Å². The van der Waals surface area contributed by atoms with Crippen molar-refractivity contribution in [3.8, 4) is 11.1 Å². The fourth-order valence-electron chi connectivity index (χ4n) is 4.77. The van der Waals surface area contributed by atoms with Crippen LogP contribution < -0.4 is 15.5 Å². The Morgan fingerprint density at radius 2 is 1.87 bits per heavy atom. The summed E-state index contributed by atoms with van der Waals surface area (Å²) < 4.78 is 14.2. The Labute approximate surface area is 182 Å². The highest BCUT2D eigenvalue weighted by molar-refractivity contribution is 5.84. The van der Waals surface area contributed by atoms with Crippen LogP contribution in [0, 0.1) is 11.2 Å². The molecule has 2 aliphatic rings. The molecule has 31 heavy (non-hydrogen) atoms. The minimum Gasteiger partial charge on any atom is -0.355 e. The number of aryl methyl sites for hydroxylation is 1. The van der Waals surface area contributed by atoms with Crippen LogP contribution in [0.1, 0.15) is 25.3 Å². The van der Waals surface area contributed by atoms with Crippen molar-refractivity contribution in [1.82, 2.24) is 15.3 Å². The monoisotopic (exact) mass is 417 g/mol. The Balaban J connectivity index is 1.46. The lowest BCUT2D eigenvalue weighted by atomic mass is 9.73. The fraction of sp³-hybridized carbons (Fsp3) is 0.360. The second-order valence-electron chi connectivity index (χ2n) is 8.68. The van der Waals surface area contributed by atoms with Crippen molar-refractivity contribution in [2.24, 2.45) is 5.41 Å². The Hall–Kier alpha value is -2.99. The molecule has 0 saturated carbocycles. The summed E-state index contributed by atoms with van der Waals surface area (Å²) in [5, 5.41) is 6.94. The van der Waals surface area contributed by atoms with Gasteiger partial charge in [-0.2, -0.15) is 0 Å². The number of hydrogen-bond acceptors (Lipinski definition) is 5. The molecule has 2 N–H and O–H groups in total. The summed E-state index contributed by atoms with van der Waals surface area (Å²) in [5.41, 5.74) is 5.27. The van der Waals surface area contributed by atoms with E-state index in [9.17, 15) is 4.39 Å². The van der Waals surface area contributed by atoms with Gasteiger partial charge in [0.15, 0.2) is 5.82 Å². The zero-order valence-corrected chi connectivity index (χ0v) is 17.9. The molecule has 0 unspecified atom stereocenters. The van der Waals surface area contributed by atoms with Crippen LogP contribution in [0.2, 0.25) is 0 Å². The Morgan fingerprint density at radius 1 is 1.06 bits per heavy atom. The first-order chi connectivity index (χ1) is 15.2. The smallest absolute Gasteiger partial charge is 0.155 e. The first-order valence-electron chi connectivity index (χ1n) is 11.1. The van der Waals surface area contributed by atoms with Gasteiger partial charge in [-0.05, 0) is 54.0 Å². The van der Waals surface area contributed by atoms with E-state index in [-0.39, 0.29) is 5.82 Å². The molecule has 5 rings (SSSR count). The van der Waals surface area contributed by atoms with Gasteiger partial charge in [-0.15, -0.1) is 0 Å². The van der Waals surface area contributed by atoms with Gasteiger partial charge in [0, 0.05) is 37.4 Å². The van der Waals surface area contributed by atoms with E-state index in [0.29, 0.717) is 5.41 Å². The molecule has 2 saturated heterocycles. The molecule has 6 heteroatoms. The molecule has 0 bridgehead atoms. The number of rotatable bonds is 5. The molecule has 3 heterocycles. The van der Waals surface area contributed by atoms with E-state index in [0.717, 1.165) is 60.9 Å². The molecule has 1 aromatic heterocycles. The van der Waals surface area contributed by atoms with Crippen LogP contribution in [-0.2, 0) is 6.42 Å². The number of benzene rings is 2. The average Bonchev–Trinajstić information content (AvgIpc) is 2.79. The normalized spacial score (nSPS) is 17.4. The zero-order valence-electron chi connectivity index (χ0n) is 17.9. The van der Waals surface area contributed by atoms with Gasteiger partial charge in [-0.1, -0.05) is 31.2 Å². The third-order valence-electron chi connectivity index (χ3n) is 6.75. The molecule has 2 aliphatic heterocycles. The van der Waals surface area contributed by atoms with E-state index in [1.165, 1.54) is 24.5 Å². The SMILES string of the molecule is CCc1ccccc1-c1cc(F)ccc1Nc1cncnc1N1CCC2(CC1)CNC2. The largest absolute Gasteiger partial charge is 0.355 e. The Kier molecular flexibility index (Phi) is 5.32. The Morgan fingerprint density at radius 3 is 2.61 bits per heavy atom. The van der Waals surface area contributed by atoms with Crippen molar-refractivity contribution in [2.75, 3.05) is 36.4 Å². The molecule has 160 valence electrons. The molecule has 0 atom stereocenters. The van der Waals surface area contributed by atoms with E-state index in [1.807, 2.05) is 18.3 Å². The molecule has 0 amide bonds. The maximum Gasteiger partial charge on any atom is 0.155 e. The summed E-state index contributed by atoms with van der Waals surface area (Å²) >= 11 is 0. The molecule has 0 aliphatic carbocycles. The van der Waals surface area contributed by atoms with Crippen LogP contribution in [0.3, 0.4) is 0 Å². The molecule has 5 nitrogen and oxygen atoms in total. The van der Waals surface area contributed by atoms with Crippen LogP contribution in [0.4, 0.5) is 21.6 Å². The van der Waals surface area contributed by atoms with Crippen molar-refractivity contribution < 1.29 is 4.39 Å². The summed E-state index contributed by atoms with van der Waals surface area (Å²) in [7, 11) is 0. The van der Waals surface area contributed by atoms with E-state index < -0.39 is 0 Å². The van der Waals surface area contributed by atoms with E-state index >= 15 is 0 Å². The number of aromatic nitrogens is 2. The van der Waals surface area contributed by atoms with Gasteiger partial charge in [0.2, 0.25) is 0 Å². The molecule has 2 aromatic carbocycles. The van der Waals surface area contributed by atoms with Crippen LogP contribution >= 0.6 is 0 Å². The summed E-state index contributed by atoms with van der Waals surface area (Å²) in [5.74, 6) is 0.669. The predicted molar refractivity (Wildman–Crippen MR) is 123 cm³/mol. The minimum atomic E-state index is -0.244. The summed E-state index contributed by atoms with van der Waals surface area (Å²) in [6.07, 6.45) is 6.66. The quantitative estimate of drug-likeness (QED) is 0.626. The van der Waals surface area contributed by atoms with Gasteiger partial charge >= 0.3 is 0 Å². The van der Waals surface area contributed by atoms with Gasteiger partial charge in [0.05, 0.1) is 6.20 Å². The van der Waals surface area contributed by atoms with E-state index in [2.05, 4.69) is 44.6 Å². The highest BCUT2D eigenvalue weighted by Crippen LogP contribution is 2.39. The lowest BCUT2D eigenvalue weighted by Crippen LogP contribution is -2.58. The predicted octanol–water partition coefficient (Wildman–Crippen LogP) is 4.78. The third-order valence-corrected chi connectivity index (χ3v) is 6.75. The Bertz CT molecular complexity index is 1070. The molecular formula is C25H28FN5. The van der Waals surface area contributed by atoms with E-state index in [1.54, 1.807) is 18.5 Å². The first kappa shape index (κ1) is 19.9. The summed E-state index contributed by atoms with van der Waals surface area (Å²) in [4.78, 5) is 11.2. The molecule has 3 aromatic rings. The van der Waals surface area contributed by atoms with Crippen LogP contribution in [-0.4, -0.2) is 36.1 Å². The first-order valence-corrected chi connectivity index (χ1v) is 11.1. The summed E-state index contributed by atoms with van der Waals surface area (Å²) in [6.45, 7) is 6.36. The maximum atomic E-state index is 14.2. The van der Waals surface area contributed by atoms with Gasteiger partial charge in [-0.3, -0.25) is 0 Å². The highest BCUT2D eigenvalue weighted by Gasteiger charge is 2.40. The molecule has 2 fully saturated rings. The van der Waals surface area contributed by atoms with Crippen molar-refractivity contribution in [3.63, 3.8) is 0 Å². The number of halogens is 1. The van der Waals surface area contributed by atoms with Crippen LogP contribution in [0.25, 0.3) is 11.1 Å². The van der Waals surface area contributed by atoms with Gasteiger partial charge < -0.3 is 15.5 Å². The number of nitrogens with one attached hydrogen (secondary N) is 2. The van der Waals surface area contributed by atoms with Crippen LogP contribution in [0.15, 0.2) is 55.0 Å². The van der Waals surface area contributed by atoms with Gasteiger partial charge in [-0.25, -0.2) is 14.4 Å². The highest BCUT2D eigenvalue weighted by atomic mass is 19.1. The number of nitrogens with zero attached hydrogens (tertiary/aromatic N) is 3. The van der Waals surface area contributed by atoms with Crippen molar-refractivity contribution >= 4 is 17.2 Å². The second kappa shape index (κ2) is 8.27. The van der Waals surface area contributed by atoms with E-state index in [4.69, 9.17) is 0 Å². The lowest BCUT2D eigenvalue weighted by Gasteiger charge is -2.48. The maximum absolute atomic E-state index is 14.2. The van der Waals surface area contributed by atoms with Gasteiger partial charge in [0.25, 0.3) is 0 Å². The van der Waals surface area contributed by atoms with Crippen molar-refractivity contribution in [3.05, 3.63) is 66.4 Å². The standard InChI is InChI=1S/C25H28FN5/c1-2-18-5-3-4-6-20(18)21-13-19(26)7-8-22(21)30-23-14-27-17-29-24(23)31-11-9-25(10-12-31)15-28-16-25/h3-8,13-14,17,28,30H,2,9-12,15-16H2,1H3.